The minimum absolute atomic E-state index is 0.101. The standard InChI is InChI=1S/C19H19NO3/c1-13-8-9-15(12-14(13)2)18(21)10-11-20-17-7-5-4-6-16(17)19(22)23-3/h4-12,20H,1-3H3/b11-10+. The minimum Gasteiger partial charge on any atom is -0.465 e. The zero-order chi connectivity index (χ0) is 16.8. The van der Waals surface area contributed by atoms with Gasteiger partial charge in [0.25, 0.3) is 0 Å². The van der Waals surface area contributed by atoms with Crippen LogP contribution in [0.2, 0.25) is 0 Å². The summed E-state index contributed by atoms with van der Waals surface area (Å²) in [6, 6.07) is 12.6. The predicted molar refractivity (Wildman–Crippen MR) is 90.8 cm³/mol. The van der Waals surface area contributed by atoms with Gasteiger partial charge in [0.1, 0.15) is 0 Å². The van der Waals surface area contributed by atoms with Crippen LogP contribution in [0.5, 0.6) is 0 Å². The average molecular weight is 309 g/mol. The third-order valence-electron chi connectivity index (χ3n) is 3.60. The number of anilines is 1. The highest BCUT2D eigenvalue weighted by molar-refractivity contribution is 6.05. The third-order valence-corrected chi connectivity index (χ3v) is 3.60. The van der Waals surface area contributed by atoms with E-state index in [-0.39, 0.29) is 5.78 Å². The molecule has 1 N–H and O–H groups in total. The number of esters is 1. The Kier molecular flexibility index (Phi) is 5.31. The van der Waals surface area contributed by atoms with Gasteiger partial charge in [0.05, 0.1) is 18.4 Å². The van der Waals surface area contributed by atoms with Crippen LogP contribution in [0, 0.1) is 13.8 Å². The molecule has 0 heterocycles. The number of ether oxygens (including phenoxy) is 1. The van der Waals surface area contributed by atoms with E-state index in [9.17, 15) is 9.59 Å². The van der Waals surface area contributed by atoms with E-state index in [0.717, 1.165) is 11.1 Å². The maximum atomic E-state index is 12.2. The molecule has 4 heteroatoms. The summed E-state index contributed by atoms with van der Waals surface area (Å²) in [5.74, 6) is -0.530. The summed E-state index contributed by atoms with van der Waals surface area (Å²) >= 11 is 0. The summed E-state index contributed by atoms with van der Waals surface area (Å²) in [4.78, 5) is 23.8. The van der Waals surface area contributed by atoms with Crippen molar-refractivity contribution < 1.29 is 14.3 Å². The van der Waals surface area contributed by atoms with Crippen LogP contribution in [0.15, 0.2) is 54.7 Å². The Balaban J connectivity index is 2.11. The van der Waals surface area contributed by atoms with Gasteiger partial charge in [0.15, 0.2) is 5.78 Å². The number of benzene rings is 2. The van der Waals surface area contributed by atoms with Crippen molar-refractivity contribution in [3.8, 4) is 0 Å². The number of ketones is 1. The molecule has 0 aromatic heterocycles. The quantitative estimate of drug-likeness (QED) is 0.517. The Labute approximate surface area is 135 Å². The molecule has 0 aliphatic carbocycles. The molecule has 0 aliphatic rings. The van der Waals surface area contributed by atoms with Crippen molar-refractivity contribution >= 4 is 17.4 Å². The van der Waals surface area contributed by atoms with Gasteiger partial charge in [0, 0.05) is 17.8 Å². The molecular weight excluding hydrogens is 290 g/mol. The maximum absolute atomic E-state index is 12.2. The van der Waals surface area contributed by atoms with Crippen LogP contribution in [0.3, 0.4) is 0 Å². The van der Waals surface area contributed by atoms with Crippen molar-refractivity contribution in [3.05, 3.63) is 77.0 Å². The molecule has 0 saturated heterocycles. The van der Waals surface area contributed by atoms with Crippen molar-refractivity contribution in [3.63, 3.8) is 0 Å². The molecular formula is C19H19NO3. The molecule has 0 unspecified atom stereocenters. The number of hydrogen-bond donors (Lipinski definition) is 1. The van der Waals surface area contributed by atoms with Gasteiger partial charge in [-0.25, -0.2) is 4.79 Å². The monoisotopic (exact) mass is 309 g/mol. The van der Waals surface area contributed by atoms with E-state index in [1.165, 1.54) is 19.4 Å². The zero-order valence-corrected chi connectivity index (χ0v) is 13.4. The van der Waals surface area contributed by atoms with Crippen LogP contribution in [0.1, 0.15) is 31.8 Å². The SMILES string of the molecule is COC(=O)c1ccccc1N/C=C/C(=O)c1ccc(C)c(C)c1. The van der Waals surface area contributed by atoms with Gasteiger partial charge in [0.2, 0.25) is 0 Å². The van der Waals surface area contributed by atoms with Crippen LogP contribution in [-0.4, -0.2) is 18.9 Å². The van der Waals surface area contributed by atoms with Crippen molar-refractivity contribution in [2.75, 3.05) is 12.4 Å². The molecule has 118 valence electrons. The molecule has 0 aliphatic heterocycles. The Morgan fingerprint density at radius 2 is 1.78 bits per heavy atom. The van der Waals surface area contributed by atoms with Crippen molar-refractivity contribution in [2.45, 2.75) is 13.8 Å². The molecule has 0 bridgehead atoms. The van der Waals surface area contributed by atoms with E-state index in [1.54, 1.807) is 30.3 Å². The summed E-state index contributed by atoms with van der Waals surface area (Å²) < 4.78 is 4.73. The first-order valence-corrected chi connectivity index (χ1v) is 7.25. The van der Waals surface area contributed by atoms with Gasteiger partial charge in [-0.1, -0.05) is 24.3 Å². The molecule has 0 radical (unpaired) electrons. The second kappa shape index (κ2) is 7.40. The molecule has 0 amide bonds. The fraction of sp³-hybridized carbons (Fsp3) is 0.158. The fourth-order valence-corrected chi connectivity index (χ4v) is 2.09. The number of para-hydroxylation sites is 1. The minimum atomic E-state index is -0.429. The molecule has 0 spiro atoms. The van der Waals surface area contributed by atoms with Gasteiger partial charge >= 0.3 is 5.97 Å². The molecule has 0 saturated carbocycles. The van der Waals surface area contributed by atoms with Gasteiger partial charge in [-0.15, -0.1) is 0 Å². The van der Waals surface area contributed by atoms with E-state index in [0.29, 0.717) is 16.8 Å². The largest absolute Gasteiger partial charge is 0.465 e. The first kappa shape index (κ1) is 16.5. The van der Waals surface area contributed by atoms with Crippen molar-refractivity contribution in [1.82, 2.24) is 0 Å². The maximum Gasteiger partial charge on any atom is 0.339 e. The number of carbonyl (C=O) groups excluding carboxylic acids is 2. The van der Waals surface area contributed by atoms with E-state index in [4.69, 9.17) is 4.74 Å². The van der Waals surface area contributed by atoms with E-state index < -0.39 is 5.97 Å². The molecule has 23 heavy (non-hydrogen) atoms. The van der Waals surface area contributed by atoms with Crippen molar-refractivity contribution in [2.24, 2.45) is 0 Å². The zero-order valence-electron chi connectivity index (χ0n) is 13.4. The summed E-state index contributed by atoms with van der Waals surface area (Å²) in [6.07, 6.45) is 2.97. The summed E-state index contributed by atoms with van der Waals surface area (Å²) in [5, 5.41) is 2.95. The Bertz CT molecular complexity index is 763. The Hall–Kier alpha value is -2.88. The highest BCUT2D eigenvalue weighted by Crippen LogP contribution is 2.16. The molecule has 4 nitrogen and oxygen atoms in total. The van der Waals surface area contributed by atoms with Gasteiger partial charge in [-0.3, -0.25) is 4.79 Å². The van der Waals surface area contributed by atoms with E-state index in [1.807, 2.05) is 26.0 Å². The topological polar surface area (TPSA) is 55.4 Å². The van der Waals surface area contributed by atoms with E-state index in [2.05, 4.69) is 5.32 Å². The van der Waals surface area contributed by atoms with Gasteiger partial charge in [-0.2, -0.15) is 0 Å². The van der Waals surface area contributed by atoms with Crippen LogP contribution in [0.4, 0.5) is 5.69 Å². The number of hydrogen-bond acceptors (Lipinski definition) is 4. The summed E-state index contributed by atoms with van der Waals surface area (Å²) in [6.45, 7) is 3.98. The molecule has 2 rings (SSSR count). The predicted octanol–water partition coefficient (Wildman–Crippen LogP) is 3.90. The molecule has 2 aromatic carbocycles. The lowest BCUT2D eigenvalue weighted by molar-refractivity contribution is 0.0601. The first-order valence-electron chi connectivity index (χ1n) is 7.25. The lowest BCUT2D eigenvalue weighted by Gasteiger charge is -2.07. The number of allylic oxidation sites excluding steroid dienone is 1. The second-order valence-electron chi connectivity index (χ2n) is 5.18. The van der Waals surface area contributed by atoms with Crippen LogP contribution >= 0.6 is 0 Å². The normalized spacial score (nSPS) is 10.6. The van der Waals surface area contributed by atoms with Crippen LogP contribution < -0.4 is 5.32 Å². The first-order chi connectivity index (χ1) is 11.0. The van der Waals surface area contributed by atoms with Crippen molar-refractivity contribution in [1.29, 1.82) is 0 Å². The van der Waals surface area contributed by atoms with Crippen LogP contribution in [-0.2, 0) is 4.74 Å². The number of rotatable bonds is 5. The highest BCUT2D eigenvalue weighted by Gasteiger charge is 2.09. The smallest absolute Gasteiger partial charge is 0.339 e. The summed E-state index contributed by atoms with van der Waals surface area (Å²) in [7, 11) is 1.33. The van der Waals surface area contributed by atoms with E-state index >= 15 is 0 Å². The van der Waals surface area contributed by atoms with Gasteiger partial charge in [-0.05, 0) is 43.2 Å². The average Bonchev–Trinajstić information content (AvgIpc) is 2.57. The highest BCUT2D eigenvalue weighted by atomic mass is 16.5. The summed E-state index contributed by atoms with van der Waals surface area (Å²) in [5.41, 5.74) is 3.86. The molecule has 0 atom stereocenters. The number of methoxy groups -OCH3 is 1. The van der Waals surface area contributed by atoms with Gasteiger partial charge < -0.3 is 10.1 Å². The Morgan fingerprint density at radius 1 is 1.04 bits per heavy atom. The lowest BCUT2D eigenvalue weighted by atomic mass is 10.0. The number of carbonyl (C=O) groups is 2. The molecule has 0 fully saturated rings. The third kappa shape index (κ3) is 4.07. The second-order valence-corrected chi connectivity index (χ2v) is 5.18. The molecule has 2 aromatic rings. The Morgan fingerprint density at radius 3 is 2.48 bits per heavy atom. The fourth-order valence-electron chi connectivity index (χ4n) is 2.09. The lowest BCUT2D eigenvalue weighted by Crippen LogP contribution is -2.05. The number of nitrogens with one attached hydrogen (secondary N) is 1. The van der Waals surface area contributed by atoms with Crippen LogP contribution in [0.25, 0.3) is 0 Å². The number of aryl methyl sites for hydroxylation is 2.